The summed E-state index contributed by atoms with van der Waals surface area (Å²) < 4.78 is 23.2. The van der Waals surface area contributed by atoms with E-state index in [0.29, 0.717) is 6.42 Å². The van der Waals surface area contributed by atoms with Gasteiger partial charge in [0, 0.05) is 11.8 Å². The summed E-state index contributed by atoms with van der Waals surface area (Å²) in [4.78, 5) is 24.4. The summed E-state index contributed by atoms with van der Waals surface area (Å²) in [5.41, 5.74) is 0. The normalized spacial score (nSPS) is 40.7. The van der Waals surface area contributed by atoms with Crippen molar-refractivity contribution in [3.05, 3.63) is 12.2 Å². The second-order valence-electron chi connectivity index (χ2n) is 6.12. The molecule has 1 unspecified atom stereocenters. The van der Waals surface area contributed by atoms with E-state index in [1.165, 1.54) is 0 Å². The van der Waals surface area contributed by atoms with Gasteiger partial charge in [-0.05, 0) is 25.7 Å². The first-order valence-electron chi connectivity index (χ1n) is 7.39. The molecule has 0 bridgehead atoms. The SMILES string of the molecule is O=C1N[C@H]2C(CCCl)C(=O)S(=O)(=O)[C@@]12[C@@H](O)[C@@H]1C=CCCC1. The van der Waals surface area contributed by atoms with Gasteiger partial charge >= 0.3 is 0 Å². The number of alkyl halides is 1. The molecule has 0 radical (unpaired) electrons. The summed E-state index contributed by atoms with van der Waals surface area (Å²) in [5, 5.41) is 12.2. The van der Waals surface area contributed by atoms with Crippen LogP contribution in [0, 0.1) is 11.8 Å². The molecule has 2 saturated heterocycles. The number of β-lactam (4-membered cyclic amide) rings is 1. The van der Waals surface area contributed by atoms with Crippen molar-refractivity contribution in [2.75, 3.05) is 5.88 Å². The Morgan fingerprint density at radius 2 is 2.18 bits per heavy atom. The Kier molecular flexibility index (Phi) is 3.86. The van der Waals surface area contributed by atoms with Crippen LogP contribution in [0.2, 0.25) is 0 Å². The van der Waals surface area contributed by atoms with Crippen LogP contribution in [-0.4, -0.2) is 47.3 Å². The van der Waals surface area contributed by atoms with E-state index in [-0.39, 0.29) is 12.3 Å². The van der Waals surface area contributed by atoms with E-state index >= 15 is 0 Å². The molecule has 8 heteroatoms. The minimum atomic E-state index is -4.39. The van der Waals surface area contributed by atoms with E-state index in [0.717, 1.165) is 12.8 Å². The number of allylic oxidation sites excluding steroid dienone is 1. The van der Waals surface area contributed by atoms with Crippen LogP contribution in [0.3, 0.4) is 0 Å². The molecule has 0 aromatic heterocycles. The van der Waals surface area contributed by atoms with E-state index in [4.69, 9.17) is 11.6 Å². The van der Waals surface area contributed by atoms with Crippen LogP contribution in [-0.2, 0) is 19.4 Å². The molecule has 2 N–H and O–H groups in total. The predicted molar refractivity (Wildman–Crippen MR) is 79.9 cm³/mol. The molecule has 2 heterocycles. The maximum atomic E-state index is 12.6. The molecule has 2 fully saturated rings. The van der Waals surface area contributed by atoms with Gasteiger partial charge in [-0.3, -0.25) is 9.59 Å². The Morgan fingerprint density at radius 1 is 1.45 bits per heavy atom. The molecule has 3 aliphatic rings. The van der Waals surface area contributed by atoms with Crippen LogP contribution in [0.15, 0.2) is 12.2 Å². The number of amides is 1. The zero-order valence-corrected chi connectivity index (χ0v) is 13.4. The minimum absolute atomic E-state index is 0.119. The average molecular weight is 348 g/mol. The topological polar surface area (TPSA) is 101 Å². The summed E-state index contributed by atoms with van der Waals surface area (Å²) in [6.45, 7) is 0. The number of hydrogen-bond donors (Lipinski definition) is 2. The van der Waals surface area contributed by atoms with Crippen LogP contribution < -0.4 is 5.32 Å². The largest absolute Gasteiger partial charge is 0.390 e. The van der Waals surface area contributed by atoms with Gasteiger partial charge in [0.2, 0.25) is 20.5 Å². The van der Waals surface area contributed by atoms with E-state index in [2.05, 4.69) is 5.32 Å². The van der Waals surface area contributed by atoms with Crippen LogP contribution >= 0.6 is 11.6 Å². The van der Waals surface area contributed by atoms with Gasteiger partial charge in [-0.15, -0.1) is 11.6 Å². The van der Waals surface area contributed by atoms with Crippen molar-refractivity contribution in [1.82, 2.24) is 5.32 Å². The molecule has 1 aliphatic carbocycles. The lowest BCUT2D eigenvalue weighted by Crippen LogP contribution is -2.79. The first-order chi connectivity index (χ1) is 10.4. The number of hydrogen-bond acceptors (Lipinski definition) is 5. The fourth-order valence-corrected chi connectivity index (χ4v) is 6.49. The van der Waals surface area contributed by atoms with Crippen LogP contribution in [0.5, 0.6) is 0 Å². The Balaban J connectivity index is 2.05. The third-order valence-electron chi connectivity index (χ3n) is 5.07. The molecule has 3 rings (SSSR count). The van der Waals surface area contributed by atoms with Crippen molar-refractivity contribution >= 4 is 32.5 Å². The van der Waals surface area contributed by atoms with Gasteiger partial charge in [0.15, 0.2) is 0 Å². The fourth-order valence-electron chi connectivity index (χ4n) is 3.91. The number of aliphatic hydroxyl groups is 1. The zero-order chi connectivity index (χ0) is 16.1. The lowest BCUT2D eigenvalue weighted by molar-refractivity contribution is -0.140. The first kappa shape index (κ1) is 16.0. The minimum Gasteiger partial charge on any atom is -0.390 e. The van der Waals surface area contributed by atoms with Gasteiger partial charge < -0.3 is 10.4 Å². The summed E-state index contributed by atoms with van der Waals surface area (Å²) in [6.07, 6.45) is 4.67. The van der Waals surface area contributed by atoms with Crippen molar-refractivity contribution in [2.45, 2.75) is 42.6 Å². The van der Waals surface area contributed by atoms with Gasteiger partial charge in [0.05, 0.1) is 18.1 Å². The summed E-state index contributed by atoms with van der Waals surface area (Å²) in [5.74, 6) is -1.95. The molecule has 0 spiro atoms. The molecule has 0 aromatic rings. The van der Waals surface area contributed by atoms with Crippen molar-refractivity contribution in [3.8, 4) is 0 Å². The molecule has 6 nitrogen and oxygen atoms in total. The Morgan fingerprint density at radius 3 is 2.73 bits per heavy atom. The number of aliphatic hydroxyl groups excluding tert-OH is 1. The van der Waals surface area contributed by atoms with Crippen molar-refractivity contribution in [2.24, 2.45) is 11.8 Å². The number of carbonyl (C=O) groups excluding carboxylic acids is 2. The third-order valence-corrected chi connectivity index (χ3v) is 7.70. The highest BCUT2D eigenvalue weighted by Gasteiger charge is 2.78. The van der Waals surface area contributed by atoms with Crippen molar-refractivity contribution in [1.29, 1.82) is 0 Å². The highest BCUT2D eigenvalue weighted by Crippen LogP contribution is 2.49. The first-order valence-corrected chi connectivity index (χ1v) is 9.41. The molecule has 1 amide bonds. The maximum absolute atomic E-state index is 12.6. The van der Waals surface area contributed by atoms with Crippen molar-refractivity contribution < 1.29 is 23.1 Å². The van der Waals surface area contributed by atoms with E-state index in [9.17, 15) is 23.1 Å². The van der Waals surface area contributed by atoms with Gasteiger partial charge in [-0.25, -0.2) is 8.42 Å². The highest BCUT2D eigenvalue weighted by atomic mass is 35.5. The van der Waals surface area contributed by atoms with Gasteiger partial charge in [0.1, 0.15) is 0 Å². The zero-order valence-electron chi connectivity index (χ0n) is 11.9. The van der Waals surface area contributed by atoms with Crippen molar-refractivity contribution in [3.63, 3.8) is 0 Å². The van der Waals surface area contributed by atoms with Gasteiger partial charge in [-0.2, -0.15) is 0 Å². The van der Waals surface area contributed by atoms with E-state index in [1.807, 2.05) is 6.08 Å². The second-order valence-corrected chi connectivity index (χ2v) is 8.58. The molecule has 2 aliphatic heterocycles. The van der Waals surface area contributed by atoms with E-state index < -0.39 is 49.6 Å². The molecule has 0 saturated carbocycles. The number of halogens is 1. The molecular formula is C14H18ClNO5S. The molecular weight excluding hydrogens is 330 g/mol. The fraction of sp³-hybridized carbons (Fsp3) is 0.714. The maximum Gasteiger partial charge on any atom is 0.252 e. The number of nitrogens with one attached hydrogen (secondary N) is 1. The smallest absolute Gasteiger partial charge is 0.252 e. The van der Waals surface area contributed by atoms with Crippen LogP contribution in [0.4, 0.5) is 0 Å². The number of carbonyl (C=O) groups is 2. The van der Waals surface area contributed by atoms with Gasteiger partial charge in [-0.1, -0.05) is 12.2 Å². The molecule has 5 atom stereocenters. The Hall–Kier alpha value is -0.920. The standard InChI is InChI=1S/C14H18ClNO5S/c15-7-6-9-10-14(13(19)16-10,22(20,21)12(9)18)11(17)8-4-2-1-3-5-8/h2,4,8-11,17H,1,3,5-7H2,(H,16,19)/t8-,9?,10+,11+,14+/m1/s1. The third kappa shape index (κ3) is 1.79. The Bertz CT molecular complexity index is 646. The Labute approximate surface area is 133 Å². The molecule has 0 aromatic carbocycles. The lowest BCUT2D eigenvalue weighted by atomic mass is 9.72. The summed E-state index contributed by atoms with van der Waals surface area (Å²) >= 11 is 5.65. The van der Waals surface area contributed by atoms with Gasteiger partial charge in [0.25, 0.3) is 5.12 Å². The second kappa shape index (κ2) is 5.32. The number of sulfone groups is 1. The summed E-state index contributed by atoms with van der Waals surface area (Å²) in [7, 11) is -4.39. The number of rotatable bonds is 4. The highest BCUT2D eigenvalue weighted by molar-refractivity contribution is 8.08. The van der Waals surface area contributed by atoms with E-state index in [1.54, 1.807) is 6.08 Å². The lowest BCUT2D eigenvalue weighted by Gasteiger charge is -2.47. The number of fused-ring (bicyclic) bond motifs is 1. The quantitative estimate of drug-likeness (QED) is 0.428. The predicted octanol–water partition coefficient (Wildman–Crippen LogP) is 0.141. The molecule has 122 valence electrons. The van der Waals surface area contributed by atoms with Crippen LogP contribution in [0.25, 0.3) is 0 Å². The monoisotopic (exact) mass is 347 g/mol. The average Bonchev–Trinajstić information content (AvgIpc) is 2.62. The summed E-state index contributed by atoms with van der Waals surface area (Å²) in [6, 6.07) is -0.874. The molecule has 22 heavy (non-hydrogen) atoms. The van der Waals surface area contributed by atoms with Crippen LogP contribution in [0.1, 0.15) is 25.7 Å².